The zero-order valence-corrected chi connectivity index (χ0v) is 36.0. The van der Waals surface area contributed by atoms with Crippen LogP contribution in [0.25, 0.3) is 64.4 Å². The first-order valence-corrected chi connectivity index (χ1v) is 23.1. The van der Waals surface area contributed by atoms with Gasteiger partial charge in [0.05, 0.1) is 22.2 Å². The highest BCUT2D eigenvalue weighted by Gasteiger charge is 2.51. The number of benzene rings is 10. The molecule has 3 nitrogen and oxygen atoms in total. The van der Waals surface area contributed by atoms with Crippen LogP contribution < -0.4 is 9.80 Å². The molecule has 0 N–H and O–H groups in total. The molecule has 0 saturated carbocycles. The lowest BCUT2D eigenvalue weighted by molar-refractivity contribution is 0.669. The van der Waals surface area contributed by atoms with Crippen LogP contribution >= 0.6 is 11.3 Å². The zero-order valence-electron chi connectivity index (χ0n) is 35.2. The maximum atomic E-state index is 6.60. The molecule has 0 atom stereocenters. The fourth-order valence-corrected chi connectivity index (χ4v) is 12.4. The van der Waals surface area contributed by atoms with Crippen LogP contribution in [-0.4, -0.2) is 0 Å². The van der Waals surface area contributed by atoms with Crippen molar-refractivity contribution in [1.29, 1.82) is 0 Å². The SMILES string of the molecule is c1ccc(N(c2ccccc2)c2cccc3sc4ccc(N(c5ccc6c(c5)C5(c7ccccc7-c7ccccc75)c5ccccc5-6)c5cccc6oc7ccccc7c56)cc4c23)cc1. The van der Waals surface area contributed by atoms with Gasteiger partial charge >= 0.3 is 0 Å². The van der Waals surface area contributed by atoms with Gasteiger partial charge in [0.1, 0.15) is 11.2 Å². The minimum Gasteiger partial charge on any atom is -0.456 e. The largest absolute Gasteiger partial charge is 0.456 e. The van der Waals surface area contributed by atoms with Gasteiger partial charge in [0.25, 0.3) is 0 Å². The van der Waals surface area contributed by atoms with Crippen LogP contribution in [0.2, 0.25) is 0 Å². The van der Waals surface area contributed by atoms with Crippen molar-refractivity contribution < 1.29 is 4.42 Å². The topological polar surface area (TPSA) is 19.6 Å². The van der Waals surface area contributed by atoms with E-state index >= 15 is 0 Å². The second kappa shape index (κ2) is 13.9. The highest BCUT2D eigenvalue weighted by molar-refractivity contribution is 7.26. The molecule has 65 heavy (non-hydrogen) atoms. The molecule has 12 aromatic rings. The van der Waals surface area contributed by atoms with E-state index in [4.69, 9.17) is 4.42 Å². The number of fused-ring (bicyclic) bond motifs is 16. The molecule has 0 unspecified atom stereocenters. The third-order valence-electron chi connectivity index (χ3n) is 13.8. The first-order valence-electron chi connectivity index (χ1n) is 22.3. The third kappa shape index (κ3) is 5.11. The molecule has 2 aromatic heterocycles. The number of furan rings is 1. The van der Waals surface area contributed by atoms with Crippen molar-refractivity contribution in [2.75, 3.05) is 9.80 Å². The lowest BCUT2D eigenvalue weighted by atomic mass is 9.70. The number of anilines is 6. The number of nitrogens with zero attached hydrogens (tertiary/aromatic N) is 2. The van der Waals surface area contributed by atoms with Gasteiger partial charge in [-0.05, 0) is 129 Å². The molecule has 0 fully saturated rings. The summed E-state index contributed by atoms with van der Waals surface area (Å²) in [6.45, 7) is 0. The van der Waals surface area contributed by atoms with E-state index in [2.05, 4.69) is 240 Å². The van der Waals surface area contributed by atoms with Crippen molar-refractivity contribution >= 4 is 87.6 Å². The van der Waals surface area contributed by atoms with Gasteiger partial charge in [-0.2, -0.15) is 0 Å². The van der Waals surface area contributed by atoms with Gasteiger partial charge in [0, 0.05) is 48.3 Å². The first kappa shape index (κ1) is 36.3. The molecule has 2 aliphatic rings. The maximum absolute atomic E-state index is 6.60. The quantitative estimate of drug-likeness (QED) is 0.166. The number of hydrogen-bond donors (Lipinski definition) is 0. The van der Waals surface area contributed by atoms with Gasteiger partial charge < -0.3 is 14.2 Å². The van der Waals surface area contributed by atoms with E-state index in [-0.39, 0.29) is 0 Å². The smallest absolute Gasteiger partial charge is 0.137 e. The predicted octanol–water partition coefficient (Wildman–Crippen LogP) is 17.2. The Morgan fingerprint density at radius 1 is 0.323 bits per heavy atom. The van der Waals surface area contributed by atoms with Crippen molar-refractivity contribution in [2.24, 2.45) is 0 Å². The van der Waals surface area contributed by atoms with Crippen LogP contribution in [-0.2, 0) is 5.41 Å². The van der Waals surface area contributed by atoms with Crippen LogP contribution in [0.4, 0.5) is 34.1 Å². The molecule has 0 radical (unpaired) electrons. The van der Waals surface area contributed by atoms with Crippen molar-refractivity contribution in [1.82, 2.24) is 0 Å². The molecular formula is C61H38N2OS. The van der Waals surface area contributed by atoms with E-state index in [1.165, 1.54) is 64.7 Å². The van der Waals surface area contributed by atoms with E-state index in [9.17, 15) is 0 Å². The molecule has 0 bridgehead atoms. The molecule has 304 valence electrons. The number of para-hydroxylation sites is 3. The molecule has 10 aromatic carbocycles. The number of thiophene rings is 1. The first-order chi connectivity index (χ1) is 32.3. The molecule has 0 amide bonds. The van der Waals surface area contributed by atoms with Gasteiger partial charge in [0.2, 0.25) is 0 Å². The van der Waals surface area contributed by atoms with Crippen LogP contribution in [0.5, 0.6) is 0 Å². The van der Waals surface area contributed by atoms with Crippen molar-refractivity contribution in [3.05, 3.63) is 253 Å². The lowest BCUT2D eigenvalue weighted by Crippen LogP contribution is -2.26. The lowest BCUT2D eigenvalue weighted by Gasteiger charge is -2.32. The average molecular weight is 847 g/mol. The number of hydrogen-bond acceptors (Lipinski definition) is 4. The Hall–Kier alpha value is -8.18. The molecule has 14 rings (SSSR count). The van der Waals surface area contributed by atoms with E-state index < -0.39 is 5.41 Å². The minimum atomic E-state index is -0.476. The Bertz CT molecular complexity index is 3760. The number of rotatable bonds is 6. The van der Waals surface area contributed by atoms with Gasteiger partial charge in [-0.3, -0.25) is 0 Å². The summed E-state index contributed by atoms with van der Waals surface area (Å²) in [4.78, 5) is 4.87. The molecule has 2 aliphatic carbocycles. The van der Waals surface area contributed by atoms with Crippen molar-refractivity contribution in [3.8, 4) is 22.3 Å². The van der Waals surface area contributed by atoms with E-state index in [0.717, 1.165) is 56.1 Å². The normalized spacial score (nSPS) is 13.0. The highest BCUT2D eigenvalue weighted by atomic mass is 32.1. The minimum absolute atomic E-state index is 0.476. The molecular weight excluding hydrogens is 809 g/mol. The Morgan fingerprint density at radius 2 is 0.831 bits per heavy atom. The summed E-state index contributed by atoms with van der Waals surface area (Å²) in [5.74, 6) is 0. The maximum Gasteiger partial charge on any atom is 0.137 e. The second-order valence-corrected chi connectivity index (χ2v) is 18.2. The Kier molecular flexibility index (Phi) is 7.77. The average Bonchev–Trinajstić information content (AvgIpc) is 4.10. The monoisotopic (exact) mass is 846 g/mol. The summed E-state index contributed by atoms with van der Waals surface area (Å²) in [6, 6.07) is 84.5. The van der Waals surface area contributed by atoms with Crippen LogP contribution in [0.15, 0.2) is 235 Å². The van der Waals surface area contributed by atoms with E-state index in [0.29, 0.717) is 0 Å². The molecule has 1 spiro atoms. The van der Waals surface area contributed by atoms with Crippen molar-refractivity contribution in [3.63, 3.8) is 0 Å². The second-order valence-electron chi connectivity index (χ2n) is 17.1. The van der Waals surface area contributed by atoms with Crippen molar-refractivity contribution in [2.45, 2.75) is 5.41 Å². The van der Waals surface area contributed by atoms with Gasteiger partial charge in [-0.25, -0.2) is 0 Å². The summed E-state index contributed by atoms with van der Waals surface area (Å²) < 4.78 is 9.09. The van der Waals surface area contributed by atoms with Crippen LogP contribution in [0.1, 0.15) is 22.3 Å². The van der Waals surface area contributed by atoms with Gasteiger partial charge in [0.15, 0.2) is 0 Å². The van der Waals surface area contributed by atoms with E-state index in [1.54, 1.807) is 0 Å². The fraction of sp³-hybridized carbons (Fsp3) is 0.0164. The zero-order chi connectivity index (χ0) is 42.6. The summed E-state index contributed by atoms with van der Waals surface area (Å²) in [6.07, 6.45) is 0. The highest BCUT2D eigenvalue weighted by Crippen LogP contribution is 2.63. The Balaban J connectivity index is 1.05. The summed E-state index contributed by atoms with van der Waals surface area (Å²) in [5, 5.41) is 4.63. The Labute approximate surface area is 380 Å². The third-order valence-corrected chi connectivity index (χ3v) is 15.0. The van der Waals surface area contributed by atoms with Gasteiger partial charge in [-0.15, -0.1) is 11.3 Å². The van der Waals surface area contributed by atoms with Gasteiger partial charge in [-0.1, -0.05) is 146 Å². The molecule has 0 saturated heterocycles. The summed E-state index contributed by atoms with van der Waals surface area (Å²) >= 11 is 1.85. The van der Waals surface area contributed by atoms with E-state index in [1.807, 2.05) is 11.3 Å². The standard InChI is InChI=1S/C61H38N2OS/c1-3-17-39(18-4-1)62(40-19-5-2-6-20-40)54-29-16-32-58-60(54)48-37-41(34-36-57(48)65-58)63(53-28-15-31-56-59(53)47-24-10-14-30-55(47)64-56)42-33-35-46-45-23-9-13-27-51(45)61(52(46)38-42)49-25-11-7-21-43(49)44-22-8-12-26-50(44)61/h1-38H. The summed E-state index contributed by atoms with van der Waals surface area (Å²) in [7, 11) is 0. The fourth-order valence-electron chi connectivity index (χ4n) is 11.3. The molecule has 0 aliphatic heterocycles. The summed E-state index contributed by atoms with van der Waals surface area (Å²) in [5.41, 5.74) is 18.3. The molecule has 4 heteroatoms. The molecule has 2 heterocycles. The van der Waals surface area contributed by atoms with Crippen LogP contribution in [0.3, 0.4) is 0 Å². The van der Waals surface area contributed by atoms with Crippen LogP contribution in [0, 0.1) is 0 Å². The Morgan fingerprint density at radius 3 is 1.51 bits per heavy atom. The predicted molar refractivity (Wildman–Crippen MR) is 272 cm³/mol.